The van der Waals surface area contributed by atoms with Crippen LogP contribution in [0.25, 0.3) is 0 Å². The van der Waals surface area contributed by atoms with Gasteiger partial charge in [-0.3, -0.25) is 9.69 Å². The fraction of sp³-hybridized carbons (Fsp3) is 0.316. The number of carbonyl (C=O) groups excluding carboxylic acids is 1. The molecular weight excluding hydrogens is 322 g/mol. The van der Waals surface area contributed by atoms with Crippen LogP contribution < -0.4 is 18.9 Å². The Bertz CT molecular complexity index is 953. The maximum Gasteiger partial charge on any atom is 0.231 e. The van der Waals surface area contributed by atoms with E-state index < -0.39 is 0 Å². The fourth-order valence-corrected chi connectivity index (χ4v) is 4.43. The van der Waals surface area contributed by atoms with Crippen LogP contribution >= 0.6 is 0 Å². The Morgan fingerprint density at radius 2 is 1.48 bits per heavy atom. The molecule has 4 aliphatic rings. The van der Waals surface area contributed by atoms with Gasteiger partial charge in [-0.05, 0) is 54.4 Å². The summed E-state index contributed by atoms with van der Waals surface area (Å²) in [5.41, 5.74) is 3.90. The molecule has 0 fully saturated rings. The highest BCUT2D eigenvalue weighted by Crippen LogP contribution is 2.51. The number of benzene rings is 2. The van der Waals surface area contributed by atoms with Gasteiger partial charge in [0.2, 0.25) is 13.6 Å². The summed E-state index contributed by atoms with van der Waals surface area (Å²) in [6.45, 7) is 0.440. The van der Waals surface area contributed by atoms with E-state index in [9.17, 15) is 4.79 Å². The first-order valence-electron chi connectivity index (χ1n) is 8.33. The van der Waals surface area contributed by atoms with Crippen molar-refractivity contribution in [3.05, 3.63) is 46.5 Å². The van der Waals surface area contributed by atoms with Crippen molar-refractivity contribution in [1.82, 2.24) is 4.90 Å². The maximum absolute atomic E-state index is 13.3. The largest absolute Gasteiger partial charge is 0.454 e. The van der Waals surface area contributed by atoms with Crippen LogP contribution in [0.15, 0.2) is 24.3 Å². The molecule has 4 aliphatic heterocycles. The molecule has 4 heterocycles. The lowest BCUT2D eigenvalue weighted by molar-refractivity contribution is 0.0706. The van der Waals surface area contributed by atoms with Gasteiger partial charge in [-0.2, -0.15) is 0 Å². The molecule has 2 atom stereocenters. The number of carbonyl (C=O) groups is 1. The van der Waals surface area contributed by atoms with E-state index in [1.54, 1.807) is 0 Å². The second-order valence-electron chi connectivity index (χ2n) is 6.85. The third kappa shape index (κ3) is 1.65. The summed E-state index contributed by atoms with van der Waals surface area (Å²) in [5, 5.41) is 0. The van der Waals surface area contributed by atoms with Gasteiger partial charge >= 0.3 is 0 Å². The quantitative estimate of drug-likeness (QED) is 0.737. The maximum atomic E-state index is 13.3. The van der Waals surface area contributed by atoms with E-state index in [4.69, 9.17) is 18.9 Å². The molecule has 0 aliphatic carbocycles. The topological polar surface area (TPSA) is 57.2 Å². The van der Waals surface area contributed by atoms with E-state index in [1.807, 2.05) is 31.3 Å². The van der Waals surface area contributed by atoms with Crippen molar-refractivity contribution in [3.63, 3.8) is 0 Å². The molecule has 0 aromatic heterocycles. The summed E-state index contributed by atoms with van der Waals surface area (Å²) < 4.78 is 22.0. The molecule has 2 bridgehead atoms. The summed E-state index contributed by atoms with van der Waals surface area (Å²) in [5.74, 6) is 2.94. The van der Waals surface area contributed by atoms with Crippen molar-refractivity contribution < 1.29 is 23.7 Å². The van der Waals surface area contributed by atoms with E-state index in [0.717, 1.165) is 45.9 Å². The predicted molar refractivity (Wildman–Crippen MR) is 86.4 cm³/mol. The monoisotopic (exact) mass is 337 g/mol. The molecule has 0 unspecified atom stereocenters. The lowest BCUT2D eigenvalue weighted by Crippen LogP contribution is -2.44. The van der Waals surface area contributed by atoms with Gasteiger partial charge in [0.15, 0.2) is 28.8 Å². The van der Waals surface area contributed by atoms with E-state index in [-0.39, 0.29) is 31.5 Å². The first-order valence-corrected chi connectivity index (χ1v) is 8.33. The summed E-state index contributed by atoms with van der Waals surface area (Å²) in [4.78, 5) is 15.4. The van der Waals surface area contributed by atoms with Crippen LogP contribution in [0.1, 0.15) is 39.1 Å². The number of fused-ring (bicyclic) bond motifs is 8. The zero-order chi connectivity index (χ0) is 16.7. The zero-order valence-electron chi connectivity index (χ0n) is 13.6. The normalized spacial score (nSPS) is 24.9. The minimum absolute atomic E-state index is 0.0897. The third-order valence-corrected chi connectivity index (χ3v) is 5.66. The van der Waals surface area contributed by atoms with Crippen molar-refractivity contribution in [1.29, 1.82) is 0 Å². The lowest BCUT2D eigenvalue weighted by atomic mass is 9.76. The van der Waals surface area contributed by atoms with E-state index in [1.165, 1.54) is 0 Å². The highest BCUT2D eigenvalue weighted by molar-refractivity contribution is 6.04. The fourth-order valence-electron chi connectivity index (χ4n) is 4.43. The molecular formula is C19H15NO5. The molecule has 2 aromatic rings. The van der Waals surface area contributed by atoms with E-state index in [0.29, 0.717) is 5.75 Å². The van der Waals surface area contributed by atoms with Crippen molar-refractivity contribution in [3.8, 4) is 23.0 Å². The highest BCUT2D eigenvalue weighted by Gasteiger charge is 2.45. The van der Waals surface area contributed by atoms with Crippen molar-refractivity contribution >= 4 is 5.78 Å². The first-order chi connectivity index (χ1) is 12.2. The average Bonchev–Trinajstić information content (AvgIpc) is 3.24. The Morgan fingerprint density at radius 1 is 0.880 bits per heavy atom. The molecule has 126 valence electrons. The number of likely N-dealkylation sites (N-methyl/N-ethyl adjacent to an activating group) is 1. The van der Waals surface area contributed by atoms with Crippen LogP contribution in [-0.2, 0) is 6.42 Å². The Hall–Kier alpha value is -2.73. The number of rotatable bonds is 0. The second-order valence-corrected chi connectivity index (χ2v) is 6.85. The summed E-state index contributed by atoms with van der Waals surface area (Å²) in [7, 11) is 2.01. The molecule has 0 amide bonds. The summed E-state index contributed by atoms with van der Waals surface area (Å²) >= 11 is 0. The molecule has 0 radical (unpaired) electrons. The number of Topliss-reactive ketones (excluding diaryl/α,β-unsaturated/α-hetero) is 1. The number of hydrogen-bond acceptors (Lipinski definition) is 6. The van der Waals surface area contributed by atoms with Crippen molar-refractivity contribution in [2.45, 2.75) is 18.5 Å². The number of hydrogen-bond donors (Lipinski definition) is 0. The summed E-state index contributed by atoms with van der Waals surface area (Å²) in [6.07, 6.45) is 0.818. The summed E-state index contributed by atoms with van der Waals surface area (Å²) in [6, 6.07) is 7.60. The van der Waals surface area contributed by atoms with Crippen LogP contribution in [0.5, 0.6) is 23.0 Å². The molecule has 6 nitrogen and oxygen atoms in total. The smallest absolute Gasteiger partial charge is 0.231 e. The SMILES string of the molecule is CN1[C@@H]2Cc3cc4c(cc3[C@H]1C(=O)c1cc3c(cc12)OCO3)OCO4. The van der Waals surface area contributed by atoms with Crippen molar-refractivity contribution in [2.24, 2.45) is 0 Å². The van der Waals surface area contributed by atoms with Gasteiger partial charge in [0.25, 0.3) is 0 Å². The van der Waals surface area contributed by atoms with Gasteiger partial charge in [0.05, 0.1) is 6.04 Å². The Labute approximate surface area is 143 Å². The van der Waals surface area contributed by atoms with Crippen LogP contribution in [0.3, 0.4) is 0 Å². The van der Waals surface area contributed by atoms with Crippen LogP contribution in [0, 0.1) is 0 Å². The highest BCUT2D eigenvalue weighted by atomic mass is 16.7. The van der Waals surface area contributed by atoms with Crippen LogP contribution in [-0.4, -0.2) is 31.3 Å². The molecule has 2 aromatic carbocycles. The molecule has 6 rings (SSSR count). The third-order valence-electron chi connectivity index (χ3n) is 5.66. The van der Waals surface area contributed by atoms with E-state index >= 15 is 0 Å². The molecule has 0 saturated heterocycles. The van der Waals surface area contributed by atoms with Crippen LogP contribution in [0.2, 0.25) is 0 Å². The minimum Gasteiger partial charge on any atom is -0.454 e. The second kappa shape index (κ2) is 4.46. The average molecular weight is 337 g/mol. The minimum atomic E-state index is -0.309. The molecule has 0 saturated carbocycles. The van der Waals surface area contributed by atoms with Gasteiger partial charge in [0.1, 0.15) is 0 Å². The molecule has 0 N–H and O–H groups in total. The van der Waals surface area contributed by atoms with Crippen LogP contribution in [0.4, 0.5) is 0 Å². The van der Waals surface area contributed by atoms with Gasteiger partial charge in [-0.1, -0.05) is 0 Å². The zero-order valence-corrected chi connectivity index (χ0v) is 13.6. The van der Waals surface area contributed by atoms with Gasteiger partial charge in [0, 0.05) is 11.6 Å². The Morgan fingerprint density at radius 3 is 2.20 bits per heavy atom. The number of ketones is 1. The number of nitrogens with zero attached hydrogens (tertiary/aromatic N) is 1. The predicted octanol–water partition coefficient (Wildman–Crippen LogP) is 2.61. The van der Waals surface area contributed by atoms with Gasteiger partial charge < -0.3 is 18.9 Å². The Balaban J connectivity index is 1.56. The molecule has 25 heavy (non-hydrogen) atoms. The molecule has 0 spiro atoms. The van der Waals surface area contributed by atoms with Crippen molar-refractivity contribution in [2.75, 3.05) is 20.6 Å². The first kappa shape index (κ1) is 13.5. The van der Waals surface area contributed by atoms with Gasteiger partial charge in [-0.15, -0.1) is 0 Å². The van der Waals surface area contributed by atoms with Gasteiger partial charge in [-0.25, -0.2) is 0 Å². The lowest BCUT2D eigenvalue weighted by Gasteiger charge is -2.44. The van der Waals surface area contributed by atoms with E-state index in [2.05, 4.69) is 4.90 Å². The Kier molecular flexibility index (Phi) is 2.42. The molecule has 6 heteroatoms. The number of ether oxygens (including phenoxy) is 4. The standard InChI is InChI=1S/C19H15NO5/c1-20-13-2-9-3-14-15(23-7-22-14)4-10(9)18(20)19(21)12-6-17-16(5-11(12)13)24-8-25-17/h3-6,13,18H,2,7-8H2,1H3/t13-,18+/m1/s1.